The van der Waals surface area contributed by atoms with Crippen molar-refractivity contribution in [2.75, 3.05) is 6.54 Å². The molecule has 3 aliphatic rings. The molecule has 0 radical (unpaired) electrons. The van der Waals surface area contributed by atoms with Crippen LogP contribution < -0.4 is 0 Å². The molecule has 0 unspecified atom stereocenters. The van der Waals surface area contributed by atoms with E-state index in [9.17, 15) is 24.3 Å². The maximum absolute atomic E-state index is 13.8. The van der Waals surface area contributed by atoms with Crippen LogP contribution in [0.5, 0.6) is 0 Å². The minimum Gasteiger partial charge on any atom is -0.456 e. The number of aliphatic hydroxyl groups is 1. The normalized spacial score (nSPS) is 35.0. The van der Waals surface area contributed by atoms with Gasteiger partial charge in [-0.25, -0.2) is 4.79 Å². The lowest BCUT2D eigenvalue weighted by Crippen LogP contribution is -2.61. The lowest BCUT2D eigenvalue weighted by Gasteiger charge is -2.43. The number of nitrogens with zero attached hydrogens (tertiary/aromatic N) is 1. The van der Waals surface area contributed by atoms with Crippen LogP contribution in [0.15, 0.2) is 54.6 Å². The Morgan fingerprint density at radius 3 is 2.45 bits per heavy atom. The largest absolute Gasteiger partial charge is 0.456 e. The second-order valence-corrected chi connectivity index (χ2v) is 12.9. The van der Waals surface area contributed by atoms with Crippen molar-refractivity contribution in [1.29, 1.82) is 0 Å². The van der Waals surface area contributed by atoms with E-state index < -0.39 is 53.5 Å². The number of piperidine rings is 1. The molecule has 8 atom stereocenters. The summed E-state index contributed by atoms with van der Waals surface area (Å²) in [5, 5.41) is 11.6. The monoisotopic (exact) mass is 607 g/mol. The predicted molar refractivity (Wildman–Crippen MR) is 167 cm³/mol. The molecule has 0 spiro atoms. The number of rotatable bonds is 4. The van der Waals surface area contributed by atoms with E-state index in [0.717, 1.165) is 12.0 Å². The van der Waals surface area contributed by atoms with Gasteiger partial charge in [-0.3, -0.25) is 14.4 Å². The number of hydrogen-bond donors (Lipinski definition) is 1. The van der Waals surface area contributed by atoms with Gasteiger partial charge in [0.05, 0.1) is 6.10 Å². The van der Waals surface area contributed by atoms with E-state index >= 15 is 0 Å². The summed E-state index contributed by atoms with van der Waals surface area (Å²) >= 11 is 0. The number of cyclic esters (lactones) is 1. The summed E-state index contributed by atoms with van der Waals surface area (Å²) in [6, 6.07) is 9.12. The van der Waals surface area contributed by atoms with Gasteiger partial charge in [0.25, 0.3) is 11.7 Å². The SMILES string of the molecule is CC[C@H](Cc1ccccc1)[C@@H]1/C=C\C/C=C\C[C@@H](C)C(=O)[C@@H](C)[C@@H]2CC[C@@H](C)[C@@](O)(O2)C(=O)C(=O)N2CCCC[C@H]2C(=O)O1. The Morgan fingerprint density at radius 2 is 1.73 bits per heavy atom. The molecule has 1 amide bonds. The molecule has 1 N–H and O–H groups in total. The third-order valence-corrected chi connectivity index (χ3v) is 9.77. The van der Waals surface area contributed by atoms with Crippen molar-refractivity contribution in [2.45, 2.75) is 110 Å². The van der Waals surface area contributed by atoms with E-state index in [-0.39, 0.29) is 24.2 Å². The number of allylic oxidation sites excluding steroid dienone is 3. The zero-order valence-electron chi connectivity index (χ0n) is 26.7. The van der Waals surface area contributed by atoms with E-state index in [0.29, 0.717) is 51.4 Å². The molecule has 8 nitrogen and oxygen atoms in total. The van der Waals surface area contributed by atoms with E-state index in [1.807, 2.05) is 49.4 Å². The summed E-state index contributed by atoms with van der Waals surface area (Å²) in [6.07, 6.45) is 11.9. The van der Waals surface area contributed by atoms with Crippen molar-refractivity contribution < 1.29 is 33.8 Å². The van der Waals surface area contributed by atoms with Crippen LogP contribution in [0, 0.1) is 23.7 Å². The van der Waals surface area contributed by atoms with E-state index in [1.165, 1.54) is 4.90 Å². The molecule has 44 heavy (non-hydrogen) atoms. The standard InChI is InChI=1S/C36H49NO7/c1-5-28(23-27-16-10-8-11-17-27)31-19-12-7-6-9-15-24(2)32(38)26(4)30-21-20-25(3)36(42,44-30)33(39)34(40)37-22-14-13-18-29(37)35(41)43-31/h6,8-12,16-17,19,24-26,28-31,42H,5,7,13-15,18,20-23H2,1-4H3/b9-6-,19-12-/t24-,25-,26+,28-,29+,30+,31+,36-/m1/s1. The Bertz CT molecular complexity index is 1230. The van der Waals surface area contributed by atoms with Gasteiger partial charge in [-0.2, -0.15) is 0 Å². The molecule has 3 aliphatic heterocycles. The molecule has 3 heterocycles. The van der Waals surface area contributed by atoms with Gasteiger partial charge in [0.15, 0.2) is 0 Å². The Morgan fingerprint density at radius 1 is 0.977 bits per heavy atom. The quantitative estimate of drug-likeness (QED) is 0.278. The lowest BCUT2D eigenvalue weighted by atomic mass is 9.81. The summed E-state index contributed by atoms with van der Waals surface area (Å²) < 4.78 is 12.2. The minimum absolute atomic E-state index is 0.00155. The lowest BCUT2D eigenvalue weighted by molar-refractivity contribution is -0.268. The molecule has 4 rings (SSSR count). The average molecular weight is 608 g/mol. The zero-order valence-corrected chi connectivity index (χ0v) is 26.7. The van der Waals surface area contributed by atoms with Crippen molar-refractivity contribution in [1.82, 2.24) is 4.90 Å². The summed E-state index contributed by atoms with van der Waals surface area (Å²) in [5.74, 6) is -6.45. The van der Waals surface area contributed by atoms with Crippen LogP contribution >= 0.6 is 0 Å². The van der Waals surface area contributed by atoms with Gasteiger partial charge >= 0.3 is 5.97 Å². The van der Waals surface area contributed by atoms with Crippen LogP contribution in [-0.4, -0.2) is 64.0 Å². The van der Waals surface area contributed by atoms with Crippen LogP contribution in [0.2, 0.25) is 0 Å². The highest BCUT2D eigenvalue weighted by Gasteiger charge is 2.54. The highest BCUT2D eigenvalue weighted by molar-refractivity contribution is 6.39. The smallest absolute Gasteiger partial charge is 0.329 e. The van der Waals surface area contributed by atoms with Crippen LogP contribution in [0.4, 0.5) is 0 Å². The third-order valence-electron chi connectivity index (χ3n) is 9.77. The number of ketones is 2. The molecule has 1 aromatic rings. The molecule has 240 valence electrons. The van der Waals surface area contributed by atoms with Crippen molar-refractivity contribution in [3.8, 4) is 0 Å². The first-order valence-electron chi connectivity index (χ1n) is 16.4. The first kappa shape index (κ1) is 33.8. The second-order valence-electron chi connectivity index (χ2n) is 12.9. The summed E-state index contributed by atoms with van der Waals surface area (Å²) in [4.78, 5) is 55.9. The molecule has 0 aliphatic carbocycles. The zero-order chi connectivity index (χ0) is 31.9. The molecule has 2 fully saturated rings. The van der Waals surface area contributed by atoms with Crippen molar-refractivity contribution >= 4 is 23.4 Å². The number of carbonyl (C=O) groups excluding carboxylic acids is 4. The Balaban J connectivity index is 1.67. The molecule has 2 saturated heterocycles. The van der Waals surface area contributed by atoms with Gasteiger partial charge in [0, 0.05) is 30.2 Å². The minimum atomic E-state index is -2.37. The topological polar surface area (TPSA) is 110 Å². The molecule has 8 heteroatoms. The molecule has 2 bridgehead atoms. The van der Waals surface area contributed by atoms with Gasteiger partial charge in [-0.15, -0.1) is 0 Å². The van der Waals surface area contributed by atoms with Gasteiger partial charge in [-0.1, -0.05) is 76.3 Å². The van der Waals surface area contributed by atoms with Crippen LogP contribution in [0.3, 0.4) is 0 Å². The highest BCUT2D eigenvalue weighted by Crippen LogP contribution is 2.37. The molecule has 0 aromatic heterocycles. The first-order chi connectivity index (χ1) is 21.1. The van der Waals surface area contributed by atoms with Crippen LogP contribution in [-0.2, 0) is 35.1 Å². The summed E-state index contributed by atoms with van der Waals surface area (Å²) in [6.45, 7) is 7.58. The fraction of sp³-hybridized carbons (Fsp3) is 0.611. The van der Waals surface area contributed by atoms with Crippen molar-refractivity contribution in [3.63, 3.8) is 0 Å². The number of carbonyl (C=O) groups is 4. The highest BCUT2D eigenvalue weighted by atomic mass is 16.6. The maximum atomic E-state index is 13.8. The number of esters is 1. The summed E-state index contributed by atoms with van der Waals surface area (Å²) in [5.41, 5.74) is 1.14. The Hall–Kier alpha value is -3.10. The maximum Gasteiger partial charge on any atom is 0.329 e. The number of hydrogen-bond acceptors (Lipinski definition) is 7. The average Bonchev–Trinajstić information content (AvgIpc) is 3.04. The number of Topliss-reactive ketones (excluding diaryl/α,β-unsaturated/α-hetero) is 2. The van der Waals surface area contributed by atoms with Gasteiger partial charge in [-0.05, 0) is 69.4 Å². The fourth-order valence-corrected chi connectivity index (χ4v) is 6.70. The van der Waals surface area contributed by atoms with Gasteiger partial charge in [0.2, 0.25) is 5.79 Å². The van der Waals surface area contributed by atoms with E-state index in [2.05, 4.69) is 19.1 Å². The van der Waals surface area contributed by atoms with Crippen molar-refractivity contribution in [2.24, 2.45) is 23.7 Å². The molecular weight excluding hydrogens is 558 g/mol. The number of amides is 1. The van der Waals surface area contributed by atoms with Crippen molar-refractivity contribution in [3.05, 3.63) is 60.2 Å². The molecule has 0 saturated carbocycles. The predicted octanol–water partition coefficient (Wildman–Crippen LogP) is 5.37. The second kappa shape index (κ2) is 15.3. The Kier molecular flexibility index (Phi) is 11.7. The van der Waals surface area contributed by atoms with Gasteiger partial charge < -0.3 is 19.5 Å². The van der Waals surface area contributed by atoms with Crippen LogP contribution in [0.25, 0.3) is 0 Å². The Labute approximate surface area is 261 Å². The van der Waals surface area contributed by atoms with Gasteiger partial charge in [0.1, 0.15) is 17.9 Å². The third kappa shape index (κ3) is 7.75. The molecular formula is C36H49NO7. The number of benzene rings is 1. The van der Waals surface area contributed by atoms with E-state index in [1.54, 1.807) is 13.8 Å². The molecule has 1 aromatic carbocycles. The first-order valence-corrected chi connectivity index (χ1v) is 16.4. The summed E-state index contributed by atoms with van der Waals surface area (Å²) in [7, 11) is 0. The van der Waals surface area contributed by atoms with E-state index in [4.69, 9.17) is 9.47 Å². The number of ether oxygens (including phenoxy) is 2. The number of fused-ring (bicyclic) bond motifs is 3. The fourth-order valence-electron chi connectivity index (χ4n) is 6.70. The van der Waals surface area contributed by atoms with Crippen LogP contribution in [0.1, 0.15) is 84.6 Å².